The minimum absolute atomic E-state index is 0.112. The molecule has 0 spiro atoms. The molecule has 2 aromatic rings. The minimum Gasteiger partial charge on any atom is -0.475 e. The highest BCUT2D eigenvalue weighted by Crippen LogP contribution is 2.29. The van der Waals surface area contributed by atoms with Crippen molar-refractivity contribution in [3.8, 4) is 11.5 Å². The van der Waals surface area contributed by atoms with Gasteiger partial charge in [-0.1, -0.05) is 18.5 Å². The van der Waals surface area contributed by atoms with Crippen molar-refractivity contribution in [2.24, 2.45) is 0 Å². The Morgan fingerprint density at radius 1 is 1.56 bits per heavy atom. The lowest BCUT2D eigenvalue weighted by molar-refractivity contribution is 0.0662. The van der Waals surface area contributed by atoms with Crippen molar-refractivity contribution in [3.05, 3.63) is 39.1 Å². The third-order valence-electron chi connectivity index (χ3n) is 2.39. The summed E-state index contributed by atoms with van der Waals surface area (Å²) in [5, 5.41) is 9.56. The van der Waals surface area contributed by atoms with Gasteiger partial charge in [-0.2, -0.15) is 0 Å². The highest BCUT2D eigenvalue weighted by atomic mass is 79.9. The third-order valence-corrected chi connectivity index (χ3v) is 3.61. The van der Waals surface area contributed by atoms with Crippen LogP contribution in [0.4, 0.5) is 0 Å². The molecule has 1 aromatic carbocycles. The highest BCUT2D eigenvalue weighted by molar-refractivity contribution is 9.10. The van der Waals surface area contributed by atoms with Gasteiger partial charge in [-0.15, -0.1) is 0 Å². The van der Waals surface area contributed by atoms with Crippen LogP contribution in [0.25, 0.3) is 11.5 Å². The number of carboxylic acids is 1. The second-order valence-electron chi connectivity index (χ2n) is 3.58. The number of halogens is 2. The standard InChI is InChI=1S/C12H9BrClNO3/c1-2-9-10(12(16)17)18-11(15-9)6-3-4-8(14)7(13)5-6/h3-5H,2H2,1H3,(H,16,17). The van der Waals surface area contributed by atoms with E-state index in [4.69, 9.17) is 21.1 Å². The molecule has 94 valence electrons. The van der Waals surface area contributed by atoms with Gasteiger partial charge in [-0.25, -0.2) is 9.78 Å². The minimum atomic E-state index is -1.11. The molecule has 0 unspecified atom stereocenters. The fourth-order valence-corrected chi connectivity index (χ4v) is 2.01. The van der Waals surface area contributed by atoms with Gasteiger partial charge in [0.15, 0.2) is 0 Å². The molecular formula is C12H9BrClNO3. The number of aromatic nitrogens is 1. The van der Waals surface area contributed by atoms with Crippen LogP contribution in [0.3, 0.4) is 0 Å². The van der Waals surface area contributed by atoms with Crippen LogP contribution in [-0.2, 0) is 6.42 Å². The van der Waals surface area contributed by atoms with Crippen LogP contribution in [-0.4, -0.2) is 16.1 Å². The van der Waals surface area contributed by atoms with Crippen molar-refractivity contribution in [1.82, 2.24) is 4.98 Å². The zero-order valence-electron chi connectivity index (χ0n) is 9.41. The van der Waals surface area contributed by atoms with Gasteiger partial charge in [0, 0.05) is 10.0 Å². The Bertz CT molecular complexity index is 609. The van der Waals surface area contributed by atoms with Gasteiger partial charge in [0.2, 0.25) is 11.7 Å². The Hall–Kier alpha value is -1.33. The van der Waals surface area contributed by atoms with E-state index < -0.39 is 5.97 Å². The van der Waals surface area contributed by atoms with E-state index in [1.807, 2.05) is 6.92 Å². The Morgan fingerprint density at radius 2 is 2.28 bits per heavy atom. The van der Waals surface area contributed by atoms with Gasteiger partial charge < -0.3 is 9.52 Å². The highest BCUT2D eigenvalue weighted by Gasteiger charge is 2.19. The molecule has 0 fully saturated rings. The first-order valence-electron chi connectivity index (χ1n) is 5.21. The SMILES string of the molecule is CCc1nc(-c2ccc(Cl)c(Br)c2)oc1C(=O)O. The first-order chi connectivity index (χ1) is 8.52. The Labute approximate surface area is 117 Å². The molecule has 0 bridgehead atoms. The molecule has 0 aliphatic carbocycles. The fraction of sp³-hybridized carbons (Fsp3) is 0.167. The van der Waals surface area contributed by atoms with Crippen molar-refractivity contribution >= 4 is 33.5 Å². The monoisotopic (exact) mass is 329 g/mol. The van der Waals surface area contributed by atoms with Gasteiger partial charge >= 0.3 is 5.97 Å². The summed E-state index contributed by atoms with van der Waals surface area (Å²) >= 11 is 9.19. The summed E-state index contributed by atoms with van der Waals surface area (Å²) in [7, 11) is 0. The molecule has 6 heteroatoms. The average Bonchev–Trinajstić information content (AvgIpc) is 2.77. The van der Waals surface area contributed by atoms with E-state index in [0.717, 1.165) is 0 Å². The maximum Gasteiger partial charge on any atom is 0.373 e. The second-order valence-corrected chi connectivity index (χ2v) is 4.84. The molecule has 1 aromatic heterocycles. The van der Waals surface area contributed by atoms with E-state index in [0.29, 0.717) is 27.2 Å². The average molecular weight is 331 g/mol. The van der Waals surface area contributed by atoms with Crippen molar-refractivity contribution in [1.29, 1.82) is 0 Å². The maximum atomic E-state index is 11.0. The topological polar surface area (TPSA) is 63.3 Å². The van der Waals surface area contributed by atoms with E-state index in [1.165, 1.54) is 0 Å². The molecule has 0 saturated carbocycles. The molecule has 4 nitrogen and oxygen atoms in total. The first kappa shape index (κ1) is 13.1. The molecule has 0 aliphatic heterocycles. The molecule has 0 atom stereocenters. The van der Waals surface area contributed by atoms with E-state index >= 15 is 0 Å². The van der Waals surface area contributed by atoms with Crippen LogP contribution in [0.2, 0.25) is 5.02 Å². The lowest BCUT2D eigenvalue weighted by atomic mass is 10.2. The van der Waals surface area contributed by atoms with Gasteiger partial charge in [0.25, 0.3) is 0 Å². The van der Waals surface area contributed by atoms with Crippen molar-refractivity contribution in [3.63, 3.8) is 0 Å². The van der Waals surface area contributed by atoms with E-state index in [1.54, 1.807) is 18.2 Å². The molecule has 1 heterocycles. The lowest BCUT2D eigenvalue weighted by Crippen LogP contribution is -1.98. The summed E-state index contributed by atoms with van der Waals surface area (Å²) in [6, 6.07) is 5.15. The molecule has 0 amide bonds. The van der Waals surface area contributed by atoms with Crippen LogP contribution in [0.5, 0.6) is 0 Å². The van der Waals surface area contributed by atoms with Crippen LogP contribution >= 0.6 is 27.5 Å². The summed E-state index contributed by atoms with van der Waals surface area (Å²) in [5.41, 5.74) is 1.11. The van der Waals surface area contributed by atoms with Crippen molar-refractivity contribution in [2.45, 2.75) is 13.3 Å². The predicted molar refractivity (Wildman–Crippen MR) is 71.0 cm³/mol. The molecule has 0 aliphatic rings. The number of oxazole rings is 1. The van der Waals surface area contributed by atoms with E-state index in [2.05, 4.69) is 20.9 Å². The molecule has 18 heavy (non-hydrogen) atoms. The Morgan fingerprint density at radius 3 is 2.78 bits per heavy atom. The molecule has 1 N–H and O–H groups in total. The van der Waals surface area contributed by atoms with Crippen LogP contribution in [0.15, 0.2) is 27.1 Å². The lowest BCUT2D eigenvalue weighted by Gasteiger charge is -1.98. The number of nitrogens with zero attached hydrogens (tertiary/aromatic N) is 1. The fourth-order valence-electron chi connectivity index (χ4n) is 1.51. The molecule has 2 rings (SSSR count). The van der Waals surface area contributed by atoms with Crippen molar-refractivity contribution < 1.29 is 14.3 Å². The van der Waals surface area contributed by atoms with E-state index in [-0.39, 0.29) is 11.7 Å². The number of carboxylic acid groups (broad SMARTS) is 1. The van der Waals surface area contributed by atoms with Gasteiger partial charge in [-0.05, 0) is 40.5 Å². The summed E-state index contributed by atoms with van der Waals surface area (Å²) in [6.45, 7) is 1.83. The van der Waals surface area contributed by atoms with Crippen LogP contribution < -0.4 is 0 Å². The van der Waals surface area contributed by atoms with Crippen LogP contribution in [0, 0.1) is 0 Å². The van der Waals surface area contributed by atoms with Gasteiger partial charge in [0.1, 0.15) is 0 Å². The number of hydrogen-bond donors (Lipinski definition) is 1. The Balaban J connectivity index is 2.50. The quantitative estimate of drug-likeness (QED) is 0.923. The summed E-state index contributed by atoms with van der Waals surface area (Å²) in [5.74, 6) is -0.946. The maximum absolute atomic E-state index is 11.0. The molecule has 0 radical (unpaired) electrons. The zero-order valence-corrected chi connectivity index (χ0v) is 11.7. The summed E-state index contributed by atoms with van der Waals surface area (Å²) in [4.78, 5) is 15.2. The number of benzene rings is 1. The normalized spacial score (nSPS) is 10.6. The largest absolute Gasteiger partial charge is 0.475 e. The smallest absolute Gasteiger partial charge is 0.373 e. The zero-order chi connectivity index (χ0) is 13.3. The summed E-state index contributed by atoms with van der Waals surface area (Å²) in [6.07, 6.45) is 0.500. The number of hydrogen-bond acceptors (Lipinski definition) is 3. The van der Waals surface area contributed by atoms with Crippen LogP contribution in [0.1, 0.15) is 23.2 Å². The van der Waals surface area contributed by atoms with Gasteiger partial charge in [0.05, 0.1) is 10.7 Å². The van der Waals surface area contributed by atoms with E-state index in [9.17, 15) is 4.79 Å². The first-order valence-corrected chi connectivity index (χ1v) is 6.38. The number of aromatic carboxylic acids is 1. The van der Waals surface area contributed by atoms with Crippen molar-refractivity contribution in [2.75, 3.05) is 0 Å². The number of rotatable bonds is 3. The predicted octanol–water partition coefficient (Wildman–Crippen LogP) is 4.02. The number of aryl methyl sites for hydroxylation is 1. The molecular weight excluding hydrogens is 321 g/mol. The summed E-state index contributed by atoms with van der Waals surface area (Å²) < 4.78 is 5.98. The number of carbonyl (C=O) groups is 1. The second kappa shape index (κ2) is 5.12. The Kier molecular flexibility index (Phi) is 3.73. The molecule has 0 saturated heterocycles. The van der Waals surface area contributed by atoms with Gasteiger partial charge in [-0.3, -0.25) is 0 Å². The third kappa shape index (κ3) is 2.42.